The van der Waals surface area contributed by atoms with E-state index in [4.69, 9.17) is 4.42 Å². The van der Waals surface area contributed by atoms with Crippen LogP contribution in [0.15, 0.2) is 83.2 Å². The van der Waals surface area contributed by atoms with Gasteiger partial charge in [-0.15, -0.1) is 29.1 Å². The zero-order valence-corrected chi connectivity index (χ0v) is 31.1. The number of benzene rings is 4. The fourth-order valence-corrected chi connectivity index (χ4v) is 5.74. The summed E-state index contributed by atoms with van der Waals surface area (Å²) in [5.41, 5.74) is 6.02. The monoisotopic (exact) mass is 806 g/mol. The van der Waals surface area contributed by atoms with Crippen LogP contribution in [0.1, 0.15) is 78.4 Å². The second-order valence-electron chi connectivity index (χ2n) is 13.0. The third kappa shape index (κ3) is 7.05. The van der Waals surface area contributed by atoms with Crippen molar-refractivity contribution < 1.29 is 34.4 Å². The van der Waals surface area contributed by atoms with Crippen LogP contribution in [0.2, 0.25) is 0 Å². The number of ketones is 1. The minimum absolute atomic E-state index is 0. The van der Waals surface area contributed by atoms with E-state index in [9.17, 15) is 9.90 Å². The van der Waals surface area contributed by atoms with Crippen LogP contribution in [0, 0.1) is 30.7 Å². The van der Waals surface area contributed by atoms with Gasteiger partial charge in [0.1, 0.15) is 28.8 Å². The van der Waals surface area contributed by atoms with E-state index in [1.54, 1.807) is 6.33 Å². The van der Waals surface area contributed by atoms with Crippen LogP contribution >= 0.6 is 0 Å². The molecule has 0 bridgehead atoms. The first-order valence-electron chi connectivity index (χ1n) is 16.4. The summed E-state index contributed by atoms with van der Waals surface area (Å²) in [7, 11) is 0. The average molecular weight is 806 g/mol. The maximum atomic E-state index is 12.2. The molecule has 247 valence electrons. The van der Waals surface area contributed by atoms with E-state index in [2.05, 4.69) is 72.3 Å². The van der Waals surface area contributed by atoms with E-state index < -0.39 is 0 Å². The van der Waals surface area contributed by atoms with Gasteiger partial charge in [0.2, 0.25) is 0 Å². The SMILES string of the molecule is CCC(C)(CC)C(=O)/C=C(\O)C(C)(CC)CC.Cc1cc2cc3oc4c(-c5[c-]cc6ccccc6c5)ncnc4c3cc2cc1C.[Ir]. The summed E-state index contributed by atoms with van der Waals surface area (Å²) in [6.07, 6.45) is 6.37. The van der Waals surface area contributed by atoms with Crippen LogP contribution in [0.25, 0.3) is 54.9 Å². The van der Waals surface area contributed by atoms with Crippen molar-refractivity contribution in [1.29, 1.82) is 0 Å². The summed E-state index contributed by atoms with van der Waals surface area (Å²) < 4.78 is 6.28. The molecule has 0 aliphatic rings. The van der Waals surface area contributed by atoms with Gasteiger partial charge in [0, 0.05) is 48.1 Å². The van der Waals surface area contributed by atoms with E-state index in [0.717, 1.165) is 64.2 Å². The number of hydrogen-bond donors (Lipinski definition) is 1. The second-order valence-corrected chi connectivity index (χ2v) is 13.0. The number of allylic oxidation sites excluding steroid dienone is 2. The molecule has 5 nitrogen and oxygen atoms in total. The normalized spacial score (nSPS) is 12.3. The largest absolute Gasteiger partial charge is 0.512 e. The molecule has 0 amide bonds. The van der Waals surface area contributed by atoms with E-state index in [1.165, 1.54) is 28.0 Å². The molecule has 0 unspecified atom stereocenters. The molecule has 6 aromatic rings. The summed E-state index contributed by atoms with van der Waals surface area (Å²) in [5, 5.41) is 15.8. The molecule has 0 saturated heterocycles. The molecule has 1 N–H and O–H groups in total. The summed E-state index contributed by atoms with van der Waals surface area (Å²) >= 11 is 0. The number of carbonyl (C=O) groups is 1. The number of rotatable bonds is 8. The Labute approximate surface area is 291 Å². The number of aliphatic hydroxyl groups excluding tert-OH is 1. The summed E-state index contributed by atoms with van der Waals surface area (Å²) in [5.74, 6) is 0.286. The maximum Gasteiger partial charge on any atom is 0.164 e. The molecule has 6 heteroatoms. The molecule has 1 radical (unpaired) electrons. The van der Waals surface area contributed by atoms with E-state index in [0.29, 0.717) is 5.58 Å². The molecule has 2 aromatic heterocycles. The van der Waals surface area contributed by atoms with Gasteiger partial charge in [-0.1, -0.05) is 83.3 Å². The molecular weight excluding hydrogens is 761 g/mol. The molecule has 6 rings (SSSR count). The van der Waals surface area contributed by atoms with E-state index in [1.807, 2.05) is 59.7 Å². The predicted octanol–water partition coefficient (Wildman–Crippen LogP) is 11.4. The first kappa shape index (κ1) is 36.0. The van der Waals surface area contributed by atoms with Crippen LogP contribution in [-0.2, 0) is 24.9 Å². The van der Waals surface area contributed by atoms with Crippen molar-refractivity contribution in [3.8, 4) is 11.3 Å². The van der Waals surface area contributed by atoms with E-state index >= 15 is 0 Å². The van der Waals surface area contributed by atoms with Crippen LogP contribution in [0.3, 0.4) is 0 Å². The number of hydrogen-bond acceptors (Lipinski definition) is 5. The van der Waals surface area contributed by atoms with E-state index in [-0.39, 0.29) is 42.5 Å². The van der Waals surface area contributed by atoms with Crippen molar-refractivity contribution in [2.24, 2.45) is 10.8 Å². The number of carbonyl (C=O) groups excluding carboxylic acids is 1. The van der Waals surface area contributed by atoms with Gasteiger partial charge in [-0.05, 0) is 73.6 Å². The van der Waals surface area contributed by atoms with Crippen molar-refractivity contribution in [2.75, 3.05) is 0 Å². The van der Waals surface area contributed by atoms with Crippen LogP contribution in [0.5, 0.6) is 0 Å². The van der Waals surface area contributed by atoms with Gasteiger partial charge in [0.15, 0.2) is 5.78 Å². The Kier molecular flexibility index (Phi) is 11.1. The van der Waals surface area contributed by atoms with Gasteiger partial charge >= 0.3 is 0 Å². The Hall–Kier alpha value is -3.86. The summed E-state index contributed by atoms with van der Waals surface area (Å²) in [6.45, 7) is 16.4. The first-order chi connectivity index (χ1) is 22.0. The Morgan fingerprint density at radius 1 is 0.830 bits per heavy atom. The third-order valence-electron chi connectivity index (χ3n) is 10.4. The Morgan fingerprint density at radius 3 is 2.04 bits per heavy atom. The van der Waals surface area contributed by atoms with Gasteiger partial charge in [0.05, 0.1) is 0 Å². The van der Waals surface area contributed by atoms with Crippen LogP contribution in [0.4, 0.5) is 0 Å². The molecule has 2 heterocycles. The number of aromatic nitrogens is 2. The Morgan fingerprint density at radius 2 is 1.43 bits per heavy atom. The molecule has 0 fully saturated rings. The Balaban J connectivity index is 0.000000242. The molecule has 0 aliphatic heterocycles. The smallest absolute Gasteiger partial charge is 0.164 e. The summed E-state index contributed by atoms with van der Waals surface area (Å²) in [4.78, 5) is 21.3. The van der Waals surface area contributed by atoms with Gasteiger partial charge in [-0.3, -0.25) is 9.78 Å². The fourth-order valence-electron chi connectivity index (χ4n) is 5.74. The van der Waals surface area contributed by atoms with Gasteiger partial charge < -0.3 is 9.52 Å². The fraction of sp³-hybridized carbons (Fsp3) is 0.341. The molecule has 47 heavy (non-hydrogen) atoms. The van der Waals surface area contributed by atoms with Gasteiger partial charge in [0.25, 0.3) is 0 Å². The molecule has 0 atom stereocenters. The average Bonchev–Trinajstić information content (AvgIpc) is 3.44. The van der Waals surface area contributed by atoms with Crippen molar-refractivity contribution in [3.05, 3.63) is 96.0 Å². The zero-order chi connectivity index (χ0) is 33.2. The molecule has 0 saturated carbocycles. The number of furan rings is 1. The third-order valence-corrected chi connectivity index (χ3v) is 10.4. The van der Waals surface area contributed by atoms with Gasteiger partial charge in [-0.2, -0.15) is 0 Å². The standard InChI is InChI=1S/C26H17N2O.C15H28O2.Ir/c1-15-9-20-12-22-23(13-21(20)10-16(15)2)29-26-24(27-14-28-25(22)26)19-8-7-17-5-3-4-6-18(17)11-19;1-7-14(5,8-2)12(16)11-13(17)15(6,9-3)10-4;/h3-7,9-14H,1-2H3;11,16H,7-10H2,1-6H3;/q-1;;/b;12-11-;. The maximum absolute atomic E-state index is 12.2. The topological polar surface area (TPSA) is 76.2 Å². The van der Waals surface area contributed by atoms with Crippen molar-refractivity contribution in [3.63, 3.8) is 0 Å². The molecule has 0 spiro atoms. The summed E-state index contributed by atoms with van der Waals surface area (Å²) in [6, 6.07) is 24.4. The van der Waals surface area contributed by atoms with Crippen LogP contribution < -0.4 is 0 Å². The quantitative estimate of drug-likeness (QED) is 0.0942. The first-order valence-corrected chi connectivity index (χ1v) is 16.4. The Bertz CT molecular complexity index is 2080. The molecule has 4 aromatic carbocycles. The number of fused-ring (bicyclic) bond motifs is 5. The number of nitrogens with zero attached hydrogens (tertiary/aromatic N) is 2. The molecular formula is C41H45IrN2O3-. The second kappa shape index (κ2) is 14.5. The predicted molar refractivity (Wildman–Crippen MR) is 191 cm³/mol. The van der Waals surface area contributed by atoms with Crippen molar-refractivity contribution in [1.82, 2.24) is 9.97 Å². The minimum atomic E-state index is -0.337. The number of aliphatic hydroxyl groups is 1. The number of aryl methyl sites for hydroxylation is 2. The minimum Gasteiger partial charge on any atom is -0.512 e. The van der Waals surface area contributed by atoms with Crippen molar-refractivity contribution >= 4 is 49.4 Å². The van der Waals surface area contributed by atoms with Crippen LogP contribution in [-0.4, -0.2) is 20.9 Å². The van der Waals surface area contributed by atoms with Crippen molar-refractivity contribution in [2.45, 2.75) is 81.1 Å². The van der Waals surface area contributed by atoms with Gasteiger partial charge in [-0.25, -0.2) is 4.98 Å². The molecule has 0 aliphatic carbocycles. The zero-order valence-electron chi connectivity index (χ0n) is 28.7.